The van der Waals surface area contributed by atoms with Gasteiger partial charge < -0.3 is 24.4 Å². The molecular formula is C44H43N5O3S. The highest BCUT2D eigenvalue weighted by molar-refractivity contribution is 7.80. The number of rotatable bonds is 13. The predicted molar refractivity (Wildman–Crippen MR) is 212 cm³/mol. The van der Waals surface area contributed by atoms with Gasteiger partial charge in [-0.3, -0.25) is 4.79 Å². The first-order valence-electron chi connectivity index (χ1n) is 18.0. The lowest BCUT2D eigenvalue weighted by Crippen LogP contribution is -2.46. The topological polar surface area (TPSA) is 79.7 Å². The summed E-state index contributed by atoms with van der Waals surface area (Å²) in [7, 11) is 1.52. The van der Waals surface area contributed by atoms with Crippen molar-refractivity contribution in [2.45, 2.75) is 43.9 Å². The van der Waals surface area contributed by atoms with Gasteiger partial charge in [0.05, 0.1) is 37.8 Å². The molecule has 7 rings (SSSR count). The number of nitrogens with one attached hydrogen (secondary N) is 1. The molecule has 1 aliphatic rings. The van der Waals surface area contributed by atoms with Crippen molar-refractivity contribution < 1.29 is 14.3 Å². The maximum Gasteiger partial charge on any atom is 0.321 e. The molecule has 6 aromatic rings. The number of ether oxygens (including phenoxy) is 1. The number of fused-ring (bicyclic) bond motifs is 1. The molecule has 0 bridgehead atoms. The number of thiocarbonyl (C=S) groups is 1. The van der Waals surface area contributed by atoms with E-state index in [-0.39, 0.29) is 31.1 Å². The van der Waals surface area contributed by atoms with E-state index in [2.05, 4.69) is 107 Å². The van der Waals surface area contributed by atoms with E-state index in [0.717, 1.165) is 45.1 Å². The van der Waals surface area contributed by atoms with Crippen LogP contribution in [0.4, 0.5) is 4.79 Å². The van der Waals surface area contributed by atoms with Crippen molar-refractivity contribution in [2.75, 3.05) is 20.2 Å². The van der Waals surface area contributed by atoms with E-state index < -0.39 is 11.6 Å². The molecule has 8 nitrogen and oxygen atoms in total. The zero-order valence-electron chi connectivity index (χ0n) is 30.0. The number of hydrogen-bond donors (Lipinski definition) is 1. The molecule has 2 unspecified atom stereocenters. The second-order valence-electron chi connectivity index (χ2n) is 13.4. The van der Waals surface area contributed by atoms with Crippen molar-refractivity contribution in [3.63, 3.8) is 0 Å². The molecule has 5 aromatic carbocycles. The number of hydrogen-bond acceptors (Lipinski definition) is 5. The summed E-state index contributed by atoms with van der Waals surface area (Å²) >= 11 is 5.42. The van der Waals surface area contributed by atoms with Crippen molar-refractivity contribution in [1.82, 2.24) is 24.7 Å². The van der Waals surface area contributed by atoms with Crippen molar-refractivity contribution in [3.8, 4) is 0 Å². The Morgan fingerprint density at radius 1 is 0.868 bits per heavy atom. The normalized spacial score (nSPS) is 15.1. The van der Waals surface area contributed by atoms with Gasteiger partial charge in [0.2, 0.25) is 5.91 Å². The van der Waals surface area contributed by atoms with Crippen molar-refractivity contribution in [1.29, 1.82) is 0 Å². The van der Waals surface area contributed by atoms with E-state index in [4.69, 9.17) is 21.9 Å². The maximum atomic E-state index is 14.7. The van der Waals surface area contributed by atoms with Crippen LogP contribution in [0.3, 0.4) is 0 Å². The Kier molecular flexibility index (Phi) is 10.6. The number of benzene rings is 5. The van der Waals surface area contributed by atoms with E-state index >= 15 is 0 Å². The van der Waals surface area contributed by atoms with Gasteiger partial charge in [0, 0.05) is 12.7 Å². The Labute approximate surface area is 316 Å². The largest absolute Gasteiger partial charge is 0.488 e. The summed E-state index contributed by atoms with van der Waals surface area (Å²) < 4.78 is 7.52. The van der Waals surface area contributed by atoms with Crippen LogP contribution in [0.5, 0.6) is 0 Å². The highest BCUT2D eigenvalue weighted by Crippen LogP contribution is 2.42. The predicted octanol–water partition coefficient (Wildman–Crippen LogP) is 8.11. The van der Waals surface area contributed by atoms with E-state index in [9.17, 15) is 9.59 Å². The number of methoxy groups -OCH3 is 1. The average Bonchev–Trinajstić information content (AvgIpc) is 3.79. The fraction of sp³-hybridized carbons (Fsp3) is 0.227. The molecule has 2 heterocycles. The first-order valence-corrected chi connectivity index (χ1v) is 18.4. The molecule has 2 atom stereocenters. The lowest BCUT2D eigenvalue weighted by atomic mass is 9.76. The third-order valence-electron chi connectivity index (χ3n) is 10.2. The summed E-state index contributed by atoms with van der Waals surface area (Å²) in [6.07, 6.45) is 5.16. The van der Waals surface area contributed by atoms with Gasteiger partial charge >= 0.3 is 6.03 Å². The van der Waals surface area contributed by atoms with Crippen LogP contribution in [0, 0.1) is 0 Å². The first kappa shape index (κ1) is 35.6. The monoisotopic (exact) mass is 721 g/mol. The smallest absolute Gasteiger partial charge is 0.321 e. The minimum Gasteiger partial charge on any atom is -0.488 e. The molecule has 1 saturated heterocycles. The average molecular weight is 722 g/mol. The summed E-state index contributed by atoms with van der Waals surface area (Å²) in [6.45, 7) is 2.56. The van der Waals surface area contributed by atoms with Gasteiger partial charge in [0.25, 0.3) is 0 Å². The highest BCUT2D eigenvalue weighted by atomic mass is 32.1. The number of nitrogens with zero attached hydrogens (tertiary/aromatic N) is 4. The van der Waals surface area contributed by atoms with Crippen molar-refractivity contribution in [3.05, 3.63) is 174 Å². The number of amides is 3. The van der Waals surface area contributed by atoms with Gasteiger partial charge in [-0.05, 0) is 51.7 Å². The molecule has 0 spiro atoms. The molecule has 1 aromatic heterocycles. The molecule has 268 valence electrons. The van der Waals surface area contributed by atoms with Gasteiger partial charge in [-0.1, -0.05) is 147 Å². The lowest BCUT2D eigenvalue weighted by molar-refractivity contribution is -0.122. The molecule has 53 heavy (non-hydrogen) atoms. The number of carbonyl (C=O) groups is 2. The summed E-state index contributed by atoms with van der Waals surface area (Å²) in [4.78, 5) is 36.6. The van der Waals surface area contributed by atoms with Gasteiger partial charge in [-0.25, -0.2) is 9.78 Å². The van der Waals surface area contributed by atoms with Crippen LogP contribution < -0.4 is 5.32 Å². The molecule has 1 N–H and O–H groups in total. The number of carbonyl (C=O) groups excluding carboxylic acids is 2. The molecule has 1 fully saturated rings. The molecule has 0 aliphatic carbocycles. The van der Waals surface area contributed by atoms with E-state index in [1.54, 1.807) is 4.90 Å². The lowest BCUT2D eigenvalue weighted by Gasteiger charge is -2.39. The van der Waals surface area contributed by atoms with Crippen molar-refractivity contribution >= 4 is 40.0 Å². The quantitative estimate of drug-likeness (QED) is 0.0964. The van der Waals surface area contributed by atoms with Crippen LogP contribution in [0.1, 0.15) is 53.8 Å². The molecule has 1 aliphatic heterocycles. The third kappa shape index (κ3) is 6.92. The fourth-order valence-corrected chi connectivity index (χ4v) is 7.96. The molecule has 0 radical (unpaired) electrons. The Balaban J connectivity index is 1.30. The summed E-state index contributed by atoms with van der Waals surface area (Å²) in [5.74, 6) is -0.287. The zero-order valence-corrected chi connectivity index (χ0v) is 30.8. The molecule has 0 saturated carbocycles. The SMILES string of the molecule is CCCC(NC(=O)CN1C(=O)N(Cc2cncn2C(c2ccccc2)(c2ccccc2)c2ccccc2)CC1c1cccc2ccccc12)C(=S)OC. The van der Waals surface area contributed by atoms with E-state index in [1.807, 2.05) is 60.7 Å². The second-order valence-corrected chi connectivity index (χ2v) is 13.8. The molecular weight excluding hydrogens is 679 g/mol. The number of aromatic nitrogens is 2. The highest BCUT2D eigenvalue weighted by Gasteiger charge is 2.43. The summed E-state index contributed by atoms with van der Waals surface area (Å²) in [5.41, 5.74) is 4.24. The fourth-order valence-electron chi connectivity index (χ4n) is 7.78. The third-order valence-corrected chi connectivity index (χ3v) is 10.6. The summed E-state index contributed by atoms with van der Waals surface area (Å²) in [6, 6.07) is 44.5. The van der Waals surface area contributed by atoms with Crippen LogP contribution in [0.2, 0.25) is 0 Å². The van der Waals surface area contributed by atoms with E-state index in [1.165, 1.54) is 7.11 Å². The van der Waals surface area contributed by atoms with Gasteiger partial charge in [0.1, 0.15) is 12.1 Å². The Morgan fingerprint density at radius 2 is 1.45 bits per heavy atom. The van der Waals surface area contributed by atoms with Crippen LogP contribution in [-0.2, 0) is 21.6 Å². The number of urea groups is 1. The van der Waals surface area contributed by atoms with Crippen molar-refractivity contribution in [2.24, 2.45) is 0 Å². The van der Waals surface area contributed by atoms with Crippen LogP contribution >= 0.6 is 12.2 Å². The Hall–Kier alpha value is -5.80. The van der Waals surface area contributed by atoms with Gasteiger partial charge in [0.15, 0.2) is 5.05 Å². The second kappa shape index (κ2) is 15.8. The molecule has 3 amide bonds. The minimum absolute atomic E-state index is 0.128. The Bertz CT molecular complexity index is 2090. The number of imidazole rings is 1. The minimum atomic E-state index is -0.791. The molecule has 9 heteroatoms. The zero-order chi connectivity index (χ0) is 36.8. The van der Waals surface area contributed by atoms with Crippen LogP contribution in [0.15, 0.2) is 146 Å². The van der Waals surface area contributed by atoms with E-state index in [0.29, 0.717) is 18.0 Å². The summed E-state index contributed by atoms with van der Waals surface area (Å²) in [5, 5.41) is 5.48. The van der Waals surface area contributed by atoms with Gasteiger partial charge in [-0.2, -0.15) is 0 Å². The maximum absolute atomic E-state index is 14.7. The first-order chi connectivity index (χ1) is 25.9. The van der Waals surface area contributed by atoms with Crippen LogP contribution in [0.25, 0.3) is 10.8 Å². The van der Waals surface area contributed by atoms with Crippen LogP contribution in [-0.4, -0.2) is 62.6 Å². The van der Waals surface area contributed by atoms with Gasteiger partial charge in [-0.15, -0.1) is 0 Å². The standard InChI is InChI=1S/C44H43N5O3S/c1-3-16-39(42(53)52-2)46-41(50)30-48-40(38-26-15-18-32-17-13-14-25-37(32)38)29-47(43(48)51)28-36-27-45-31-49(36)44(33-19-7-4-8-20-33,34-21-9-5-10-22-34)35-23-11-6-12-24-35/h4-15,17-27,31,39-40H,3,16,28-30H2,1-2H3,(H,46,50). The Morgan fingerprint density at radius 3 is 2.06 bits per heavy atom.